The van der Waals surface area contributed by atoms with Crippen LogP contribution in [0.4, 0.5) is 0 Å². The van der Waals surface area contributed by atoms with Crippen molar-refractivity contribution < 1.29 is 19.7 Å². The van der Waals surface area contributed by atoms with Gasteiger partial charge in [-0.3, -0.25) is 0 Å². The van der Waals surface area contributed by atoms with Gasteiger partial charge in [0, 0.05) is 24.2 Å². The van der Waals surface area contributed by atoms with Gasteiger partial charge in [-0.15, -0.1) is 0 Å². The number of aromatic hydroxyl groups is 1. The van der Waals surface area contributed by atoms with Crippen molar-refractivity contribution in [1.29, 1.82) is 0 Å². The lowest BCUT2D eigenvalue weighted by atomic mass is 10.0. The van der Waals surface area contributed by atoms with E-state index in [0.717, 1.165) is 0 Å². The Morgan fingerprint density at radius 1 is 1.36 bits per heavy atom. The van der Waals surface area contributed by atoms with Gasteiger partial charge in [0.1, 0.15) is 5.75 Å². The Hall–Kier alpha value is -1.42. The van der Waals surface area contributed by atoms with Crippen LogP contribution >= 0.6 is 0 Å². The number of hydrogen-bond donors (Lipinski definition) is 2. The van der Waals surface area contributed by atoms with E-state index in [-0.39, 0.29) is 25.1 Å². The van der Waals surface area contributed by atoms with E-state index in [1.807, 2.05) is 6.92 Å². The van der Waals surface area contributed by atoms with Crippen molar-refractivity contribution in [3.8, 4) is 17.2 Å². The molecule has 1 aliphatic heterocycles. The zero-order valence-corrected chi connectivity index (χ0v) is 7.86. The summed E-state index contributed by atoms with van der Waals surface area (Å²) in [5, 5.41) is 18.6. The maximum Gasteiger partial charge on any atom is 0.231 e. The topological polar surface area (TPSA) is 58.9 Å². The summed E-state index contributed by atoms with van der Waals surface area (Å²) in [5.74, 6) is 1.20. The second-order valence-electron chi connectivity index (χ2n) is 3.35. The average Bonchev–Trinajstić information content (AvgIpc) is 2.62. The van der Waals surface area contributed by atoms with Crippen LogP contribution in [0.25, 0.3) is 0 Å². The molecule has 1 aromatic rings. The SMILES string of the molecule is CC(CO)c1cc2c(cc1O)OCO2. The normalized spacial score (nSPS) is 15.6. The van der Waals surface area contributed by atoms with Crippen LogP contribution in [0, 0.1) is 0 Å². The molecule has 1 aromatic carbocycles. The third-order valence-corrected chi connectivity index (χ3v) is 2.33. The van der Waals surface area contributed by atoms with E-state index in [2.05, 4.69) is 0 Å². The lowest BCUT2D eigenvalue weighted by molar-refractivity contribution is 0.174. The number of phenolic OH excluding ortho intramolecular Hbond substituents is 1. The van der Waals surface area contributed by atoms with Crippen molar-refractivity contribution in [2.24, 2.45) is 0 Å². The number of rotatable bonds is 2. The lowest BCUT2D eigenvalue weighted by Crippen LogP contribution is -1.99. The third-order valence-electron chi connectivity index (χ3n) is 2.33. The lowest BCUT2D eigenvalue weighted by Gasteiger charge is -2.11. The summed E-state index contributed by atoms with van der Waals surface area (Å²) in [5.41, 5.74) is 0.678. The van der Waals surface area contributed by atoms with Gasteiger partial charge < -0.3 is 19.7 Å². The Bertz CT molecular complexity index is 348. The summed E-state index contributed by atoms with van der Waals surface area (Å²) in [6.07, 6.45) is 0. The van der Waals surface area contributed by atoms with Gasteiger partial charge in [-0.1, -0.05) is 6.92 Å². The van der Waals surface area contributed by atoms with E-state index in [4.69, 9.17) is 14.6 Å². The predicted octanol–water partition coefficient (Wildman–Crippen LogP) is 1.22. The second kappa shape index (κ2) is 3.38. The number of aliphatic hydroxyl groups excluding tert-OH is 1. The molecule has 0 bridgehead atoms. The first-order valence-electron chi connectivity index (χ1n) is 4.45. The molecule has 0 radical (unpaired) electrons. The van der Waals surface area contributed by atoms with Crippen molar-refractivity contribution in [2.45, 2.75) is 12.8 Å². The zero-order chi connectivity index (χ0) is 10.1. The number of fused-ring (bicyclic) bond motifs is 1. The van der Waals surface area contributed by atoms with Gasteiger partial charge in [0.15, 0.2) is 11.5 Å². The van der Waals surface area contributed by atoms with Gasteiger partial charge in [0.2, 0.25) is 6.79 Å². The Morgan fingerprint density at radius 2 is 2.00 bits per heavy atom. The fourth-order valence-electron chi connectivity index (χ4n) is 1.44. The molecule has 0 aromatic heterocycles. The van der Waals surface area contributed by atoms with Gasteiger partial charge >= 0.3 is 0 Å². The fraction of sp³-hybridized carbons (Fsp3) is 0.400. The largest absolute Gasteiger partial charge is 0.508 e. The molecule has 0 amide bonds. The van der Waals surface area contributed by atoms with E-state index in [9.17, 15) is 5.11 Å². The van der Waals surface area contributed by atoms with Crippen LogP contribution in [0.15, 0.2) is 12.1 Å². The number of ether oxygens (including phenoxy) is 2. The third kappa shape index (κ3) is 1.37. The van der Waals surface area contributed by atoms with E-state index < -0.39 is 0 Å². The number of hydrogen-bond acceptors (Lipinski definition) is 4. The monoisotopic (exact) mass is 196 g/mol. The predicted molar refractivity (Wildman–Crippen MR) is 49.7 cm³/mol. The molecule has 0 saturated heterocycles. The van der Waals surface area contributed by atoms with Crippen LogP contribution < -0.4 is 9.47 Å². The number of aliphatic hydroxyl groups is 1. The molecule has 1 unspecified atom stereocenters. The van der Waals surface area contributed by atoms with Crippen LogP contribution in [-0.4, -0.2) is 23.6 Å². The minimum atomic E-state index is -0.107. The summed E-state index contributed by atoms with van der Waals surface area (Å²) >= 11 is 0. The Balaban J connectivity index is 2.42. The highest BCUT2D eigenvalue weighted by Gasteiger charge is 2.19. The van der Waals surface area contributed by atoms with Crippen LogP contribution in [0.5, 0.6) is 17.2 Å². The number of benzene rings is 1. The molecule has 4 nitrogen and oxygen atoms in total. The van der Waals surface area contributed by atoms with Gasteiger partial charge in [0.05, 0.1) is 0 Å². The van der Waals surface area contributed by atoms with Crippen molar-refractivity contribution >= 4 is 0 Å². The number of phenols is 1. The standard InChI is InChI=1S/C10H12O4/c1-6(4-11)7-2-9-10(3-8(7)12)14-5-13-9/h2-3,6,11-12H,4-5H2,1H3. The highest BCUT2D eigenvalue weighted by atomic mass is 16.7. The quantitative estimate of drug-likeness (QED) is 0.746. The minimum absolute atomic E-state index is 0.00674. The molecule has 0 saturated carbocycles. The van der Waals surface area contributed by atoms with Crippen LogP contribution in [-0.2, 0) is 0 Å². The van der Waals surface area contributed by atoms with Gasteiger partial charge in [-0.2, -0.15) is 0 Å². The second-order valence-corrected chi connectivity index (χ2v) is 3.35. The Labute approximate surface area is 81.7 Å². The van der Waals surface area contributed by atoms with E-state index in [1.54, 1.807) is 6.07 Å². The maximum atomic E-state index is 9.63. The Kier molecular flexibility index (Phi) is 2.21. The average molecular weight is 196 g/mol. The molecule has 0 fully saturated rings. The molecule has 0 spiro atoms. The highest BCUT2D eigenvalue weighted by Crippen LogP contribution is 2.39. The highest BCUT2D eigenvalue weighted by molar-refractivity contribution is 5.52. The van der Waals surface area contributed by atoms with Crippen molar-refractivity contribution in [1.82, 2.24) is 0 Å². The molecule has 0 aliphatic carbocycles. The zero-order valence-electron chi connectivity index (χ0n) is 7.86. The van der Waals surface area contributed by atoms with Crippen molar-refractivity contribution in [3.05, 3.63) is 17.7 Å². The molecule has 1 heterocycles. The first-order chi connectivity index (χ1) is 6.72. The molecule has 2 rings (SSSR count). The summed E-state index contributed by atoms with van der Waals surface area (Å²) in [4.78, 5) is 0. The minimum Gasteiger partial charge on any atom is -0.508 e. The summed E-state index contributed by atoms with van der Waals surface area (Å²) in [6, 6.07) is 3.22. The van der Waals surface area contributed by atoms with Crippen LogP contribution in [0.2, 0.25) is 0 Å². The van der Waals surface area contributed by atoms with Gasteiger partial charge in [-0.25, -0.2) is 0 Å². The van der Waals surface area contributed by atoms with Gasteiger partial charge in [0.25, 0.3) is 0 Å². The van der Waals surface area contributed by atoms with Crippen molar-refractivity contribution in [2.75, 3.05) is 13.4 Å². The first kappa shape index (κ1) is 9.15. The summed E-state index contributed by atoms with van der Waals surface area (Å²) < 4.78 is 10.3. The van der Waals surface area contributed by atoms with E-state index >= 15 is 0 Å². The molecule has 76 valence electrons. The molecule has 14 heavy (non-hydrogen) atoms. The molecule has 1 atom stereocenters. The summed E-state index contributed by atoms with van der Waals surface area (Å²) in [7, 11) is 0. The molecular weight excluding hydrogens is 184 g/mol. The van der Waals surface area contributed by atoms with Gasteiger partial charge in [-0.05, 0) is 6.07 Å². The first-order valence-corrected chi connectivity index (χ1v) is 4.45. The fourth-order valence-corrected chi connectivity index (χ4v) is 1.44. The molecule has 1 aliphatic rings. The Morgan fingerprint density at radius 3 is 2.64 bits per heavy atom. The van der Waals surface area contributed by atoms with Crippen LogP contribution in [0.3, 0.4) is 0 Å². The van der Waals surface area contributed by atoms with Crippen LogP contribution in [0.1, 0.15) is 18.4 Å². The van der Waals surface area contributed by atoms with E-state index in [1.165, 1.54) is 6.07 Å². The maximum absolute atomic E-state index is 9.63. The van der Waals surface area contributed by atoms with Crippen molar-refractivity contribution in [3.63, 3.8) is 0 Å². The molecule has 2 N–H and O–H groups in total. The van der Waals surface area contributed by atoms with E-state index in [0.29, 0.717) is 17.1 Å². The molecule has 4 heteroatoms. The summed E-state index contributed by atoms with van der Waals surface area (Å²) in [6.45, 7) is 2.01. The molecular formula is C10H12O4. The smallest absolute Gasteiger partial charge is 0.231 e.